The summed E-state index contributed by atoms with van der Waals surface area (Å²) in [5, 5.41) is 0.564. The molecule has 0 aromatic heterocycles. The predicted octanol–water partition coefficient (Wildman–Crippen LogP) is -0.343. The van der Waals surface area contributed by atoms with E-state index in [-0.39, 0.29) is 26.1 Å². The van der Waals surface area contributed by atoms with E-state index in [4.69, 9.17) is 14.1 Å². The van der Waals surface area contributed by atoms with E-state index >= 15 is 0 Å². The van der Waals surface area contributed by atoms with E-state index in [1.54, 1.807) is 20.8 Å². The third kappa shape index (κ3) is 5.07. The van der Waals surface area contributed by atoms with Crippen molar-refractivity contribution in [3.05, 3.63) is 0 Å². The quantitative estimate of drug-likeness (QED) is 0.435. The van der Waals surface area contributed by atoms with Crippen molar-refractivity contribution in [3.8, 4) is 0 Å². The average molecular weight is 436 g/mol. The third-order valence-electron chi connectivity index (χ3n) is 4.63. The highest BCUT2D eigenvalue weighted by Gasteiger charge is 2.49. The van der Waals surface area contributed by atoms with Crippen LogP contribution < -0.4 is 5.48 Å². The molecule has 3 aliphatic heterocycles. The summed E-state index contributed by atoms with van der Waals surface area (Å²) < 4.78 is 40.1. The summed E-state index contributed by atoms with van der Waals surface area (Å²) in [5.74, 6) is -0.568. The van der Waals surface area contributed by atoms with Crippen molar-refractivity contribution < 1.29 is 41.2 Å². The van der Waals surface area contributed by atoms with Crippen molar-refractivity contribution in [2.75, 3.05) is 19.6 Å². The molecule has 4 amide bonds. The Labute approximate surface area is 167 Å². The van der Waals surface area contributed by atoms with Crippen LogP contribution in [0.25, 0.3) is 0 Å². The lowest BCUT2D eigenvalue weighted by atomic mass is 10.0. The summed E-state index contributed by atoms with van der Waals surface area (Å²) in [6.07, 6.45) is -0.294. The van der Waals surface area contributed by atoms with Gasteiger partial charge in [-0.05, 0) is 33.6 Å². The molecule has 29 heavy (non-hydrogen) atoms. The van der Waals surface area contributed by atoms with Gasteiger partial charge in [0, 0.05) is 6.54 Å². The van der Waals surface area contributed by atoms with Gasteiger partial charge in [0.1, 0.15) is 17.7 Å². The molecule has 0 aromatic carbocycles. The molecule has 0 aromatic rings. The minimum absolute atomic E-state index is 0.0856. The van der Waals surface area contributed by atoms with Crippen molar-refractivity contribution in [2.24, 2.45) is 0 Å². The molecule has 3 rings (SSSR count). The zero-order valence-corrected chi connectivity index (χ0v) is 17.0. The van der Waals surface area contributed by atoms with Crippen LogP contribution in [-0.2, 0) is 29.1 Å². The van der Waals surface area contributed by atoms with Crippen molar-refractivity contribution in [2.45, 2.75) is 57.4 Å². The summed E-state index contributed by atoms with van der Waals surface area (Å²) in [6.45, 7) is 5.86. The first-order valence-corrected chi connectivity index (χ1v) is 10.4. The normalized spacial score (nSPS) is 25.1. The minimum atomic E-state index is -4.85. The van der Waals surface area contributed by atoms with E-state index in [1.165, 1.54) is 4.90 Å². The van der Waals surface area contributed by atoms with Crippen LogP contribution >= 0.6 is 0 Å². The van der Waals surface area contributed by atoms with Crippen LogP contribution in [0.1, 0.15) is 33.6 Å². The minimum Gasteiger partial charge on any atom is -0.444 e. The molecule has 2 bridgehead atoms. The number of hydroxylamine groups is 3. The van der Waals surface area contributed by atoms with Gasteiger partial charge in [-0.15, -0.1) is 4.28 Å². The Kier molecular flexibility index (Phi) is 5.64. The summed E-state index contributed by atoms with van der Waals surface area (Å²) in [5.41, 5.74) is 1.68. The van der Waals surface area contributed by atoms with Crippen LogP contribution in [0, 0.1) is 0 Å². The van der Waals surface area contributed by atoms with E-state index in [9.17, 15) is 22.8 Å². The molecule has 14 heteroatoms. The molecule has 3 heterocycles. The maximum atomic E-state index is 12.4. The molecule has 2 N–H and O–H groups in total. The van der Waals surface area contributed by atoms with Crippen LogP contribution in [0.2, 0.25) is 0 Å². The first-order valence-electron chi connectivity index (χ1n) is 9.04. The Hall–Kier alpha value is -2.16. The Balaban J connectivity index is 1.46. The largest absolute Gasteiger partial charge is 0.444 e. The van der Waals surface area contributed by atoms with Gasteiger partial charge < -0.3 is 14.5 Å². The monoisotopic (exact) mass is 436 g/mol. The highest BCUT2D eigenvalue weighted by atomic mass is 32.3. The Bertz CT molecular complexity index is 790. The fourth-order valence-electron chi connectivity index (χ4n) is 3.30. The number of rotatable bonds is 5. The number of carbonyl (C=O) groups excluding carboxylic acids is 3. The number of piperidine rings is 1. The summed E-state index contributed by atoms with van der Waals surface area (Å²) in [6, 6.07) is -2.27. The van der Waals surface area contributed by atoms with Crippen LogP contribution in [0.3, 0.4) is 0 Å². The first kappa shape index (κ1) is 21.5. The fourth-order valence-corrected chi connectivity index (χ4v) is 3.69. The summed E-state index contributed by atoms with van der Waals surface area (Å²) in [4.78, 5) is 44.4. The molecule has 1 unspecified atom stereocenters. The molecule has 0 aliphatic carbocycles. The van der Waals surface area contributed by atoms with E-state index in [2.05, 4.69) is 9.76 Å². The van der Waals surface area contributed by atoms with Gasteiger partial charge in [-0.25, -0.2) is 15.1 Å². The zero-order chi connectivity index (χ0) is 21.6. The Morgan fingerprint density at radius 1 is 1.17 bits per heavy atom. The van der Waals surface area contributed by atoms with Crippen molar-refractivity contribution in [3.63, 3.8) is 0 Å². The molecular weight excluding hydrogens is 412 g/mol. The van der Waals surface area contributed by atoms with E-state index in [0.29, 0.717) is 11.5 Å². The molecule has 0 spiro atoms. The second kappa shape index (κ2) is 7.59. The molecule has 0 radical (unpaired) electrons. The number of nitrogens with zero attached hydrogens (tertiary/aromatic N) is 3. The maximum Gasteiger partial charge on any atom is 0.418 e. The highest BCUT2D eigenvalue weighted by Crippen LogP contribution is 2.30. The van der Waals surface area contributed by atoms with Crippen molar-refractivity contribution in [1.82, 2.24) is 20.3 Å². The standard InChI is InChI=1S/C15H24N4O9S/c1-15(2,3)26-14(22)17-7-10(8-17)27-16-12(20)11-5-4-9-6-18(11)13(21)19(9)28-29(23,24)25/h9-11H,4-8H2,1-3H3,(H,16,20)(H,23,24,25)/t9?,11-/m0/s1. The second-order valence-electron chi connectivity index (χ2n) is 8.10. The molecular formula is C15H24N4O9S. The summed E-state index contributed by atoms with van der Waals surface area (Å²) in [7, 11) is -4.85. The highest BCUT2D eigenvalue weighted by molar-refractivity contribution is 7.80. The van der Waals surface area contributed by atoms with E-state index < -0.39 is 52.2 Å². The number of fused-ring (bicyclic) bond motifs is 2. The van der Waals surface area contributed by atoms with Crippen LogP contribution in [-0.4, -0.2) is 89.3 Å². The van der Waals surface area contributed by atoms with E-state index in [1.807, 2.05) is 0 Å². The molecule has 0 saturated carbocycles. The fraction of sp³-hybridized carbons (Fsp3) is 0.800. The van der Waals surface area contributed by atoms with Gasteiger partial charge in [-0.2, -0.15) is 13.5 Å². The Morgan fingerprint density at radius 3 is 2.41 bits per heavy atom. The van der Waals surface area contributed by atoms with Crippen molar-refractivity contribution in [1.29, 1.82) is 0 Å². The van der Waals surface area contributed by atoms with Crippen LogP contribution in [0.5, 0.6) is 0 Å². The van der Waals surface area contributed by atoms with E-state index in [0.717, 1.165) is 4.90 Å². The number of hydrogen-bond acceptors (Lipinski definition) is 8. The van der Waals surface area contributed by atoms with Gasteiger partial charge in [-0.3, -0.25) is 14.2 Å². The van der Waals surface area contributed by atoms with Gasteiger partial charge in [-0.1, -0.05) is 0 Å². The number of nitrogens with one attached hydrogen (secondary N) is 1. The first-order chi connectivity index (χ1) is 13.3. The van der Waals surface area contributed by atoms with Gasteiger partial charge in [0.05, 0.1) is 19.1 Å². The summed E-state index contributed by atoms with van der Waals surface area (Å²) >= 11 is 0. The van der Waals surface area contributed by atoms with Crippen molar-refractivity contribution >= 4 is 28.4 Å². The third-order valence-corrected chi connectivity index (χ3v) is 4.97. The Morgan fingerprint density at radius 2 is 1.83 bits per heavy atom. The maximum absolute atomic E-state index is 12.4. The SMILES string of the molecule is CC(C)(C)OC(=O)N1CC(ONC(=O)[C@@H]2CCC3CN2C(=O)N3OS(=O)(=O)O)C1. The zero-order valence-electron chi connectivity index (χ0n) is 16.2. The topological polar surface area (TPSA) is 155 Å². The molecule has 3 fully saturated rings. The number of hydrogen-bond donors (Lipinski definition) is 2. The molecule has 3 saturated heterocycles. The number of likely N-dealkylation sites (tertiary alicyclic amines) is 1. The molecule has 3 aliphatic rings. The number of carbonyl (C=O) groups is 3. The molecule has 13 nitrogen and oxygen atoms in total. The average Bonchev–Trinajstić information content (AvgIpc) is 2.75. The predicted molar refractivity (Wildman–Crippen MR) is 94.2 cm³/mol. The molecule has 2 atom stereocenters. The number of amides is 4. The van der Waals surface area contributed by atoms with Crippen LogP contribution in [0.15, 0.2) is 0 Å². The van der Waals surface area contributed by atoms with Gasteiger partial charge in [0.2, 0.25) is 0 Å². The smallest absolute Gasteiger partial charge is 0.418 e. The lowest BCUT2D eigenvalue weighted by Gasteiger charge is -2.39. The lowest BCUT2D eigenvalue weighted by Crippen LogP contribution is -2.58. The molecule has 164 valence electrons. The second-order valence-corrected chi connectivity index (χ2v) is 9.11. The van der Waals surface area contributed by atoms with Gasteiger partial charge >= 0.3 is 22.5 Å². The van der Waals surface area contributed by atoms with Gasteiger partial charge in [0.15, 0.2) is 0 Å². The number of urea groups is 1. The van der Waals surface area contributed by atoms with Crippen LogP contribution in [0.4, 0.5) is 9.59 Å². The number of ether oxygens (including phenoxy) is 1. The lowest BCUT2D eigenvalue weighted by molar-refractivity contribution is -0.152. The van der Waals surface area contributed by atoms with Gasteiger partial charge in [0.25, 0.3) is 5.91 Å².